The summed E-state index contributed by atoms with van der Waals surface area (Å²) in [5.74, 6) is -6.49. The van der Waals surface area contributed by atoms with Crippen molar-refractivity contribution in [3.63, 3.8) is 0 Å². The largest absolute Gasteiger partial charge is 0.485 e. The summed E-state index contributed by atoms with van der Waals surface area (Å²) in [4.78, 5) is 19.6. The Kier molecular flexibility index (Phi) is 3.66. The van der Waals surface area contributed by atoms with Gasteiger partial charge in [0, 0.05) is 0 Å². The van der Waals surface area contributed by atoms with Crippen LogP contribution in [-0.2, 0) is 0 Å². The van der Waals surface area contributed by atoms with Crippen molar-refractivity contribution in [2.45, 2.75) is 6.92 Å². The van der Waals surface area contributed by atoms with Crippen molar-refractivity contribution in [2.75, 3.05) is 6.61 Å². The van der Waals surface area contributed by atoms with Crippen molar-refractivity contribution in [3.05, 3.63) is 33.1 Å². The predicted octanol–water partition coefficient (Wildman–Crippen LogP) is 2.22. The van der Waals surface area contributed by atoms with Crippen molar-refractivity contribution in [3.8, 4) is 5.75 Å². The van der Waals surface area contributed by atoms with Gasteiger partial charge in [-0.3, -0.25) is 14.9 Å². The second-order valence-corrected chi connectivity index (χ2v) is 2.84. The average molecular weight is 249 g/mol. The van der Waals surface area contributed by atoms with Gasteiger partial charge < -0.3 is 4.74 Å². The van der Waals surface area contributed by atoms with E-state index in [1.807, 2.05) is 0 Å². The molecule has 0 aliphatic carbocycles. The highest BCUT2D eigenvalue weighted by Gasteiger charge is 2.33. The first-order valence-corrected chi connectivity index (χ1v) is 4.38. The molecular weight excluding hydrogens is 243 g/mol. The minimum absolute atomic E-state index is 0.225. The molecule has 0 spiro atoms. The van der Waals surface area contributed by atoms with E-state index in [-0.39, 0.29) is 12.9 Å². The number of nitro benzene ring substituents is 1. The zero-order chi connectivity index (χ0) is 13.2. The first-order valence-electron chi connectivity index (χ1n) is 4.38. The Labute approximate surface area is 93.0 Å². The van der Waals surface area contributed by atoms with Crippen LogP contribution in [0.3, 0.4) is 0 Å². The summed E-state index contributed by atoms with van der Waals surface area (Å²) in [6.07, 6.45) is -0.337. The number of halogens is 3. The number of carbonyl (C=O) groups excluding carboxylic acids is 1. The quantitative estimate of drug-likeness (QED) is 0.355. The number of nitrogens with zero attached hydrogens (tertiary/aromatic N) is 1. The molecular formula is C9H6F3NO4. The fourth-order valence-electron chi connectivity index (χ4n) is 1.19. The first kappa shape index (κ1) is 12.9. The molecule has 0 aliphatic heterocycles. The molecule has 0 radical (unpaired) electrons. The summed E-state index contributed by atoms with van der Waals surface area (Å²) in [6.45, 7) is 1.13. The van der Waals surface area contributed by atoms with Crippen LogP contribution in [0, 0.1) is 27.6 Å². The zero-order valence-electron chi connectivity index (χ0n) is 8.50. The molecule has 0 N–H and O–H groups in total. The van der Waals surface area contributed by atoms with Crippen molar-refractivity contribution in [2.24, 2.45) is 0 Å². The van der Waals surface area contributed by atoms with Crippen molar-refractivity contribution in [1.29, 1.82) is 0 Å². The van der Waals surface area contributed by atoms with Crippen LogP contribution < -0.4 is 4.74 Å². The third-order valence-corrected chi connectivity index (χ3v) is 1.88. The van der Waals surface area contributed by atoms with E-state index in [0.717, 1.165) is 0 Å². The molecule has 0 heterocycles. The number of hydrogen-bond donors (Lipinski definition) is 0. The lowest BCUT2D eigenvalue weighted by Crippen LogP contribution is -2.08. The van der Waals surface area contributed by atoms with E-state index in [4.69, 9.17) is 0 Å². The van der Waals surface area contributed by atoms with E-state index >= 15 is 0 Å². The van der Waals surface area contributed by atoms with Gasteiger partial charge in [0.05, 0.1) is 17.1 Å². The van der Waals surface area contributed by atoms with Crippen LogP contribution >= 0.6 is 0 Å². The van der Waals surface area contributed by atoms with Crippen LogP contribution in [0.5, 0.6) is 5.75 Å². The minimum Gasteiger partial charge on any atom is -0.485 e. The SMILES string of the molecule is CCOc1c(F)c(F)c(C=O)c(F)c1[N+](=O)[O-]. The second kappa shape index (κ2) is 4.81. The van der Waals surface area contributed by atoms with Gasteiger partial charge in [-0.2, -0.15) is 8.78 Å². The van der Waals surface area contributed by atoms with Crippen LogP contribution in [-0.4, -0.2) is 17.8 Å². The zero-order valence-corrected chi connectivity index (χ0v) is 8.50. The molecule has 0 aliphatic rings. The standard InChI is InChI=1S/C9H6F3NO4/c1-2-17-9-7(12)5(10)4(3-14)6(11)8(9)13(15)16/h3H,2H2,1H3. The topological polar surface area (TPSA) is 69.4 Å². The first-order chi connectivity index (χ1) is 7.95. The van der Waals surface area contributed by atoms with Crippen molar-refractivity contribution >= 4 is 12.0 Å². The van der Waals surface area contributed by atoms with Crippen LogP contribution in [0.2, 0.25) is 0 Å². The third-order valence-electron chi connectivity index (χ3n) is 1.88. The molecule has 0 unspecified atom stereocenters. The normalized spacial score (nSPS) is 10.1. The molecule has 8 heteroatoms. The Hall–Kier alpha value is -2.12. The average Bonchev–Trinajstić information content (AvgIpc) is 2.26. The van der Waals surface area contributed by atoms with E-state index in [0.29, 0.717) is 0 Å². The number of hydrogen-bond acceptors (Lipinski definition) is 4. The summed E-state index contributed by atoms with van der Waals surface area (Å²) in [7, 11) is 0. The molecule has 0 atom stereocenters. The number of rotatable bonds is 4. The maximum absolute atomic E-state index is 13.4. The summed E-state index contributed by atoms with van der Waals surface area (Å²) in [5, 5.41) is 10.5. The van der Waals surface area contributed by atoms with Crippen LogP contribution in [0.15, 0.2) is 0 Å². The van der Waals surface area contributed by atoms with Crippen molar-refractivity contribution < 1.29 is 27.6 Å². The van der Waals surface area contributed by atoms with Crippen LogP contribution in [0.4, 0.5) is 18.9 Å². The molecule has 1 rings (SSSR count). The summed E-state index contributed by atoms with van der Waals surface area (Å²) >= 11 is 0. The maximum Gasteiger partial charge on any atom is 0.350 e. The summed E-state index contributed by atoms with van der Waals surface area (Å²) in [5.41, 5.74) is -2.73. The maximum atomic E-state index is 13.4. The molecule has 5 nitrogen and oxygen atoms in total. The van der Waals surface area contributed by atoms with Gasteiger partial charge in [-0.25, -0.2) is 4.39 Å². The van der Waals surface area contributed by atoms with Crippen molar-refractivity contribution in [1.82, 2.24) is 0 Å². The lowest BCUT2D eigenvalue weighted by Gasteiger charge is -2.08. The molecule has 0 aromatic heterocycles. The monoisotopic (exact) mass is 249 g/mol. The van der Waals surface area contributed by atoms with Gasteiger partial charge in [-0.05, 0) is 6.92 Å². The molecule has 0 fully saturated rings. The second-order valence-electron chi connectivity index (χ2n) is 2.84. The molecule has 17 heavy (non-hydrogen) atoms. The molecule has 0 saturated carbocycles. The fourth-order valence-corrected chi connectivity index (χ4v) is 1.19. The van der Waals surface area contributed by atoms with Crippen LogP contribution in [0.25, 0.3) is 0 Å². The lowest BCUT2D eigenvalue weighted by atomic mass is 10.1. The van der Waals surface area contributed by atoms with Gasteiger partial charge >= 0.3 is 5.69 Å². The van der Waals surface area contributed by atoms with E-state index in [1.165, 1.54) is 6.92 Å². The lowest BCUT2D eigenvalue weighted by molar-refractivity contribution is -0.388. The molecule has 0 saturated heterocycles. The van der Waals surface area contributed by atoms with Gasteiger partial charge in [-0.1, -0.05) is 0 Å². The van der Waals surface area contributed by atoms with Gasteiger partial charge in [0.15, 0.2) is 12.1 Å². The van der Waals surface area contributed by atoms with Gasteiger partial charge in [0.25, 0.3) is 0 Å². The van der Waals surface area contributed by atoms with E-state index in [2.05, 4.69) is 4.74 Å². The Morgan fingerprint density at radius 2 is 1.88 bits per heavy atom. The number of ether oxygens (including phenoxy) is 1. The smallest absolute Gasteiger partial charge is 0.350 e. The van der Waals surface area contributed by atoms with E-state index in [1.54, 1.807) is 0 Å². The summed E-state index contributed by atoms with van der Waals surface area (Å²) < 4.78 is 44.3. The van der Waals surface area contributed by atoms with Gasteiger partial charge in [-0.15, -0.1) is 0 Å². The fraction of sp³-hybridized carbons (Fsp3) is 0.222. The molecule has 92 valence electrons. The third kappa shape index (κ3) is 2.05. The number of aldehydes is 1. The van der Waals surface area contributed by atoms with Gasteiger partial charge in [0.2, 0.25) is 17.4 Å². The van der Waals surface area contributed by atoms with E-state index in [9.17, 15) is 28.1 Å². The molecule has 0 bridgehead atoms. The molecule has 1 aromatic rings. The molecule has 1 aromatic carbocycles. The highest BCUT2D eigenvalue weighted by molar-refractivity contribution is 5.78. The highest BCUT2D eigenvalue weighted by Crippen LogP contribution is 2.36. The van der Waals surface area contributed by atoms with E-state index < -0.39 is 39.4 Å². The Morgan fingerprint density at radius 1 is 1.29 bits per heavy atom. The predicted molar refractivity (Wildman–Crippen MR) is 49.5 cm³/mol. The van der Waals surface area contributed by atoms with Gasteiger partial charge in [0.1, 0.15) is 0 Å². The number of benzene rings is 1. The summed E-state index contributed by atoms with van der Waals surface area (Å²) in [6, 6.07) is 0. The number of nitro groups is 1. The highest BCUT2D eigenvalue weighted by atomic mass is 19.2. The Morgan fingerprint density at radius 3 is 2.29 bits per heavy atom. The minimum atomic E-state index is -1.81. The molecule has 0 amide bonds. The Bertz CT molecular complexity index is 490. The Balaban J connectivity index is 3.70. The van der Waals surface area contributed by atoms with Crippen LogP contribution in [0.1, 0.15) is 17.3 Å². The number of carbonyl (C=O) groups is 1.